The highest BCUT2D eigenvalue weighted by atomic mass is 32.1. The predicted octanol–water partition coefficient (Wildman–Crippen LogP) is 4.75. The Balaban J connectivity index is 1.51. The number of hydrogen-bond acceptors (Lipinski definition) is 7. The number of rotatable bonds is 6. The second kappa shape index (κ2) is 8.42. The number of fused-ring (bicyclic) bond motifs is 3. The molecule has 5 aliphatic carbocycles. The van der Waals surface area contributed by atoms with Gasteiger partial charge in [-0.05, 0) is 66.9 Å². The van der Waals surface area contributed by atoms with Crippen LogP contribution in [0.2, 0.25) is 0 Å². The summed E-state index contributed by atoms with van der Waals surface area (Å²) < 4.78 is 11.7. The normalized spacial score (nSPS) is 38.7. The van der Waals surface area contributed by atoms with Gasteiger partial charge in [0.1, 0.15) is 17.3 Å². The molecule has 0 aromatic carbocycles. The zero-order valence-corrected chi connectivity index (χ0v) is 20.5. The van der Waals surface area contributed by atoms with Crippen LogP contribution in [0.1, 0.15) is 61.5 Å². The molecule has 6 nitrogen and oxygen atoms in total. The quantitative estimate of drug-likeness (QED) is 0.252. The first-order valence-electron chi connectivity index (χ1n) is 12.2. The maximum absolute atomic E-state index is 13.8. The van der Waals surface area contributed by atoms with Crippen molar-refractivity contribution in [3.8, 4) is 6.07 Å². The molecular formula is C27H31NO5S. The van der Waals surface area contributed by atoms with Gasteiger partial charge >= 0.3 is 5.97 Å². The Morgan fingerprint density at radius 1 is 1.26 bits per heavy atom. The van der Waals surface area contributed by atoms with Crippen molar-refractivity contribution in [3.05, 3.63) is 34.5 Å². The Labute approximate surface area is 204 Å². The van der Waals surface area contributed by atoms with Crippen molar-refractivity contribution < 1.29 is 23.9 Å². The lowest BCUT2D eigenvalue weighted by Crippen LogP contribution is -2.69. The Kier molecular flexibility index (Phi) is 5.81. The molecule has 0 aliphatic heterocycles. The monoisotopic (exact) mass is 481 g/mol. The first kappa shape index (κ1) is 23.4. The average molecular weight is 482 g/mol. The molecule has 0 radical (unpaired) electrons. The van der Waals surface area contributed by atoms with Crippen LogP contribution in [0.3, 0.4) is 0 Å². The third-order valence-corrected chi connectivity index (χ3v) is 10.3. The molecule has 180 valence electrons. The fourth-order valence-corrected chi connectivity index (χ4v) is 8.57. The lowest BCUT2D eigenvalue weighted by molar-refractivity contribution is -0.204. The Morgan fingerprint density at radius 2 is 2.09 bits per heavy atom. The molecule has 6 atom stereocenters. The summed E-state index contributed by atoms with van der Waals surface area (Å²) in [6.45, 7) is 6.75. The Hall–Kier alpha value is -2.30. The van der Waals surface area contributed by atoms with Crippen molar-refractivity contribution in [3.63, 3.8) is 0 Å². The molecule has 34 heavy (non-hydrogen) atoms. The molecule has 1 aromatic rings. The van der Waals surface area contributed by atoms with Gasteiger partial charge in [-0.15, -0.1) is 11.3 Å². The number of carbonyl (C=O) groups is 3. The van der Waals surface area contributed by atoms with E-state index in [4.69, 9.17) is 14.7 Å². The van der Waals surface area contributed by atoms with Crippen molar-refractivity contribution in [1.82, 2.24) is 0 Å². The van der Waals surface area contributed by atoms with E-state index in [2.05, 4.69) is 19.6 Å². The third-order valence-electron chi connectivity index (χ3n) is 9.49. The number of allylic oxidation sites excluding steroid dienone is 1. The first-order chi connectivity index (χ1) is 16.3. The smallest absolute Gasteiger partial charge is 0.348 e. The van der Waals surface area contributed by atoms with Gasteiger partial charge in [-0.1, -0.05) is 26.0 Å². The van der Waals surface area contributed by atoms with Gasteiger partial charge in [0.25, 0.3) is 0 Å². The molecule has 1 heterocycles. The topological polar surface area (TPSA) is 93.5 Å². The molecule has 0 saturated heterocycles. The van der Waals surface area contributed by atoms with E-state index >= 15 is 0 Å². The van der Waals surface area contributed by atoms with Crippen molar-refractivity contribution in [1.29, 1.82) is 5.26 Å². The van der Waals surface area contributed by atoms with Crippen LogP contribution >= 0.6 is 11.3 Å². The summed E-state index contributed by atoms with van der Waals surface area (Å²) in [7, 11) is 0. The van der Waals surface area contributed by atoms with Crippen LogP contribution in [0, 0.1) is 45.3 Å². The zero-order valence-electron chi connectivity index (χ0n) is 19.6. The fourth-order valence-electron chi connectivity index (χ4n) is 7.95. The van der Waals surface area contributed by atoms with E-state index in [1.54, 1.807) is 6.07 Å². The van der Waals surface area contributed by atoms with Crippen LogP contribution in [0.5, 0.6) is 0 Å². The minimum absolute atomic E-state index is 0.0176. The molecular weight excluding hydrogens is 450 g/mol. The van der Waals surface area contributed by atoms with Crippen molar-refractivity contribution in [2.45, 2.75) is 51.9 Å². The number of Topliss-reactive ketones (excluding diaryl/α,β-unsaturated/α-hetero) is 2. The Morgan fingerprint density at radius 3 is 2.82 bits per heavy atom. The van der Waals surface area contributed by atoms with E-state index in [1.165, 1.54) is 11.3 Å². The molecule has 2 unspecified atom stereocenters. The van der Waals surface area contributed by atoms with E-state index in [1.807, 2.05) is 11.4 Å². The first-order valence-corrected chi connectivity index (χ1v) is 13.1. The molecule has 2 bridgehead atoms. The van der Waals surface area contributed by atoms with Crippen LogP contribution in [-0.4, -0.2) is 37.4 Å². The number of hydrogen-bond donors (Lipinski definition) is 0. The van der Waals surface area contributed by atoms with Gasteiger partial charge in [0.05, 0.1) is 24.7 Å². The molecule has 1 aromatic heterocycles. The lowest BCUT2D eigenvalue weighted by Gasteiger charge is -2.66. The van der Waals surface area contributed by atoms with Gasteiger partial charge in [-0.3, -0.25) is 9.59 Å². The number of ether oxygens (including phenoxy) is 2. The molecule has 5 aliphatic rings. The zero-order chi connectivity index (χ0) is 24.1. The molecule has 6 rings (SSSR count). The van der Waals surface area contributed by atoms with Crippen molar-refractivity contribution in [2.24, 2.45) is 34.0 Å². The summed E-state index contributed by atoms with van der Waals surface area (Å²) in [5.74, 6) is -0.445. The van der Waals surface area contributed by atoms with Crippen LogP contribution in [0.4, 0.5) is 0 Å². The van der Waals surface area contributed by atoms with Crippen molar-refractivity contribution >= 4 is 28.9 Å². The molecule has 1 spiro atoms. The summed E-state index contributed by atoms with van der Waals surface area (Å²) in [6.07, 6.45) is 5.07. The summed E-state index contributed by atoms with van der Waals surface area (Å²) in [5.41, 5.74) is -1.19. The number of nitriles is 1. The van der Waals surface area contributed by atoms with Crippen LogP contribution in [-0.2, 0) is 19.1 Å². The minimum Gasteiger partial charge on any atom is -0.461 e. The van der Waals surface area contributed by atoms with E-state index in [0.717, 1.165) is 32.1 Å². The maximum Gasteiger partial charge on any atom is 0.348 e. The summed E-state index contributed by atoms with van der Waals surface area (Å²) in [5, 5.41) is 11.0. The summed E-state index contributed by atoms with van der Waals surface area (Å²) in [6, 6.07) is 5.64. The lowest BCUT2D eigenvalue weighted by atomic mass is 9.36. The van der Waals surface area contributed by atoms with Gasteiger partial charge in [0.2, 0.25) is 0 Å². The van der Waals surface area contributed by atoms with Crippen LogP contribution < -0.4 is 0 Å². The van der Waals surface area contributed by atoms with Gasteiger partial charge in [0.15, 0.2) is 5.78 Å². The highest BCUT2D eigenvalue weighted by molar-refractivity contribution is 7.11. The number of ketones is 2. The fraction of sp³-hybridized carbons (Fsp3) is 0.630. The predicted molar refractivity (Wildman–Crippen MR) is 126 cm³/mol. The van der Waals surface area contributed by atoms with Crippen LogP contribution in [0.25, 0.3) is 0 Å². The van der Waals surface area contributed by atoms with Gasteiger partial charge < -0.3 is 9.47 Å². The summed E-state index contributed by atoms with van der Waals surface area (Å²) in [4.78, 5) is 40.6. The molecule has 7 heteroatoms. The molecule has 0 N–H and O–H groups in total. The second-order valence-corrected chi connectivity index (χ2v) is 11.9. The van der Waals surface area contributed by atoms with E-state index in [0.29, 0.717) is 23.5 Å². The van der Waals surface area contributed by atoms with Gasteiger partial charge in [-0.2, -0.15) is 5.26 Å². The molecule has 5 saturated carbocycles. The largest absolute Gasteiger partial charge is 0.461 e. The summed E-state index contributed by atoms with van der Waals surface area (Å²) >= 11 is 1.35. The molecule has 0 amide bonds. The maximum atomic E-state index is 13.8. The highest BCUT2D eigenvalue weighted by Crippen LogP contribution is 2.70. The van der Waals surface area contributed by atoms with Gasteiger partial charge in [-0.25, -0.2) is 4.79 Å². The minimum atomic E-state index is -0.996. The van der Waals surface area contributed by atoms with E-state index in [-0.39, 0.29) is 54.9 Å². The number of carbonyl (C=O) groups excluding carboxylic acids is 3. The standard InChI is InChI=1S/C27H31NO5S/c1-17-18-6-9-27(23(17)30)21(13-18)26(16-32-11-10-28)8-4-7-25(2,20(26)14-22(27)29)15-33-24(31)19-5-3-12-34-19/h3,5,12,18,20-21H,1,4,6-9,11,13-16H2,2H3/t18-,20?,21?,25-,26-,27+/m0/s1. The number of esters is 1. The highest BCUT2D eigenvalue weighted by Gasteiger charge is 2.71. The van der Waals surface area contributed by atoms with Crippen molar-refractivity contribution in [2.75, 3.05) is 19.8 Å². The van der Waals surface area contributed by atoms with Gasteiger partial charge in [0, 0.05) is 17.3 Å². The van der Waals surface area contributed by atoms with Crippen LogP contribution in [0.15, 0.2) is 29.7 Å². The van der Waals surface area contributed by atoms with E-state index in [9.17, 15) is 14.4 Å². The average Bonchev–Trinajstić information content (AvgIpc) is 3.37. The second-order valence-electron chi connectivity index (χ2n) is 11.0. The number of nitrogens with zero attached hydrogens (tertiary/aromatic N) is 1. The third kappa shape index (κ3) is 3.25. The van der Waals surface area contributed by atoms with E-state index < -0.39 is 16.2 Å². The number of thiophene rings is 1. The Bertz CT molecular complexity index is 1070. The SMILES string of the molecule is C=C1C(=O)[C@]23CC[C@H]1CC2[C@]1(COCC#N)CCC[C@@](C)(COC(=O)c2cccs2)C1CC3=O. The molecule has 5 fully saturated rings.